The van der Waals surface area contributed by atoms with E-state index in [-0.39, 0.29) is 5.91 Å². The Morgan fingerprint density at radius 3 is 2.53 bits per heavy atom. The molecular formula is C23H28ClN5O. The fourth-order valence-electron chi connectivity index (χ4n) is 3.92. The third-order valence-corrected chi connectivity index (χ3v) is 6.17. The number of benzene rings is 2. The first kappa shape index (κ1) is 20.7. The fraction of sp³-hybridized carbons (Fsp3) is 0.391. The van der Waals surface area contributed by atoms with Gasteiger partial charge in [-0.15, -0.1) is 0 Å². The second-order valence-corrected chi connectivity index (χ2v) is 8.00. The van der Waals surface area contributed by atoms with Crippen molar-refractivity contribution >= 4 is 34.2 Å². The molecule has 0 aliphatic carbocycles. The molecule has 6 nitrogen and oxygen atoms in total. The molecule has 7 heteroatoms. The number of aromatic nitrogens is 2. The van der Waals surface area contributed by atoms with E-state index in [4.69, 9.17) is 16.6 Å². The van der Waals surface area contributed by atoms with E-state index < -0.39 is 0 Å². The van der Waals surface area contributed by atoms with Gasteiger partial charge in [-0.3, -0.25) is 9.69 Å². The van der Waals surface area contributed by atoms with E-state index in [0.717, 1.165) is 67.4 Å². The van der Waals surface area contributed by atoms with E-state index in [0.29, 0.717) is 11.6 Å². The Hall–Kier alpha value is -2.57. The molecule has 1 aromatic heterocycles. The molecule has 1 fully saturated rings. The minimum atomic E-state index is 0.220. The summed E-state index contributed by atoms with van der Waals surface area (Å²) in [4.78, 5) is 27.1. The summed E-state index contributed by atoms with van der Waals surface area (Å²) in [6.07, 6.45) is 0. The molecule has 158 valence electrons. The summed E-state index contributed by atoms with van der Waals surface area (Å²) < 4.78 is 0. The summed E-state index contributed by atoms with van der Waals surface area (Å²) >= 11 is 6.50. The molecule has 0 bridgehead atoms. The van der Waals surface area contributed by atoms with E-state index in [1.807, 2.05) is 41.3 Å². The number of nitrogens with one attached hydrogen (secondary N) is 1. The Bertz CT molecular complexity index is 988. The maximum Gasteiger partial charge on any atom is 0.236 e. The van der Waals surface area contributed by atoms with Crippen LogP contribution >= 0.6 is 11.6 Å². The van der Waals surface area contributed by atoms with Gasteiger partial charge in [0, 0.05) is 37.4 Å². The van der Waals surface area contributed by atoms with Crippen molar-refractivity contribution in [1.29, 1.82) is 0 Å². The fourth-order valence-corrected chi connectivity index (χ4v) is 4.13. The van der Waals surface area contributed by atoms with E-state index in [2.05, 4.69) is 34.7 Å². The predicted octanol–water partition coefficient (Wildman–Crippen LogP) is 3.87. The van der Waals surface area contributed by atoms with Crippen LogP contribution < -0.4 is 4.90 Å². The van der Waals surface area contributed by atoms with Gasteiger partial charge in [-0.25, -0.2) is 4.98 Å². The smallest absolute Gasteiger partial charge is 0.236 e. The van der Waals surface area contributed by atoms with Crippen molar-refractivity contribution in [2.24, 2.45) is 0 Å². The standard InChI is InChI=1S/C23H28ClN5O/c1-3-27(4-2)16-22(30)29-13-11-28(12-14-29)17-9-10-19(24)18(15-17)23-25-20-7-5-6-8-21(20)26-23/h5-10,15H,3-4,11-14,16H2,1-2H3,(H,25,26). The van der Waals surface area contributed by atoms with Crippen molar-refractivity contribution in [2.75, 3.05) is 50.7 Å². The topological polar surface area (TPSA) is 55.5 Å². The second kappa shape index (κ2) is 9.06. The summed E-state index contributed by atoms with van der Waals surface area (Å²) in [5.74, 6) is 0.994. The lowest BCUT2D eigenvalue weighted by molar-refractivity contribution is -0.132. The number of halogens is 1. The van der Waals surface area contributed by atoms with Gasteiger partial charge in [-0.1, -0.05) is 37.6 Å². The van der Waals surface area contributed by atoms with Gasteiger partial charge >= 0.3 is 0 Å². The molecule has 2 aromatic carbocycles. The van der Waals surface area contributed by atoms with Crippen molar-refractivity contribution in [3.8, 4) is 11.4 Å². The molecule has 1 saturated heterocycles. The molecule has 0 spiro atoms. The summed E-state index contributed by atoms with van der Waals surface area (Å²) in [6.45, 7) is 9.59. The van der Waals surface area contributed by atoms with Gasteiger partial charge in [-0.2, -0.15) is 0 Å². The van der Waals surface area contributed by atoms with Crippen LogP contribution in [0.25, 0.3) is 22.4 Å². The highest BCUT2D eigenvalue weighted by atomic mass is 35.5. The molecule has 2 heterocycles. The zero-order chi connectivity index (χ0) is 21.1. The number of H-pyrrole nitrogens is 1. The number of carbonyl (C=O) groups is 1. The van der Waals surface area contributed by atoms with Crippen LogP contribution in [0.4, 0.5) is 5.69 Å². The number of piperazine rings is 1. The quantitative estimate of drug-likeness (QED) is 0.651. The molecule has 0 saturated carbocycles. The minimum absolute atomic E-state index is 0.220. The Morgan fingerprint density at radius 2 is 1.83 bits per heavy atom. The zero-order valence-electron chi connectivity index (χ0n) is 17.6. The maximum atomic E-state index is 12.6. The number of likely N-dealkylation sites (N-methyl/N-ethyl adjacent to an activating group) is 1. The highest BCUT2D eigenvalue weighted by Gasteiger charge is 2.23. The summed E-state index contributed by atoms with van der Waals surface area (Å²) in [5, 5.41) is 0.672. The molecule has 1 aliphatic heterocycles. The number of para-hydroxylation sites is 2. The Labute approximate surface area is 182 Å². The molecule has 30 heavy (non-hydrogen) atoms. The van der Waals surface area contributed by atoms with Crippen LogP contribution in [0, 0.1) is 0 Å². The molecule has 0 radical (unpaired) electrons. The van der Waals surface area contributed by atoms with Crippen molar-refractivity contribution < 1.29 is 4.79 Å². The van der Waals surface area contributed by atoms with E-state index >= 15 is 0 Å². The van der Waals surface area contributed by atoms with Gasteiger partial charge in [0.05, 0.1) is 22.6 Å². The average Bonchev–Trinajstić information content (AvgIpc) is 3.22. The van der Waals surface area contributed by atoms with Crippen molar-refractivity contribution in [3.63, 3.8) is 0 Å². The number of hydrogen-bond acceptors (Lipinski definition) is 4. The third-order valence-electron chi connectivity index (χ3n) is 5.85. The number of rotatable bonds is 6. The number of imidazole rings is 1. The van der Waals surface area contributed by atoms with Crippen LogP contribution in [-0.4, -0.2) is 71.5 Å². The highest BCUT2D eigenvalue weighted by Crippen LogP contribution is 2.32. The Kier molecular flexibility index (Phi) is 6.25. The van der Waals surface area contributed by atoms with Crippen LogP contribution in [0.2, 0.25) is 5.02 Å². The van der Waals surface area contributed by atoms with Gasteiger partial charge in [0.1, 0.15) is 5.82 Å². The predicted molar refractivity (Wildman–Crippen MR) is 123 cm³/mol. The molecular weight excluding hydrogens is 398 g/mol. The summed E-state index contributed by atoms with van der Waals surface area (Å²) in [5.41, 5.74) is 3.92. The molecule has 0 atom stereocenters. The number of nitrogens with zero attached hydrogens (tertiary/aromatic N) is 4. The number of aromatic amines is 1. The van der Waals surface area contributed by atoms with Gasteiger partial charge in [-0.05, 0) is 43.4 Å². The van der Waals surface area contributed by atoms with Gasteiger partial charge in [0.15, 0.2) is 0 Å². The third kappa shape index (κ3) is 4.30. The van der Waals surface area contributed by atoms with Crippen LogP contribution in [0.3, 0.4) is 0 Å². The van der Waals surface area contributed by atoms with Crippen LogP contribution in [0.1, 0.15) is 13.8 Å². The lowest BCUT2D eigenvalue weighted by Gasteiger charge is -2.37. The first-order valence-electron chi connectivity index (χ1n) is 10.6. The normalized spacial score (nSPS) is 14.7. The van der Waals surface area contributed by atoms with Crippen LogP contribution in [-0.2, 0) is 4.79 Å². The van der Waals surface area contributed by atoms with E-state index in [9.17, 15) is 4.79 Å². The van der Waals surface area contributed by atoms with Gasteiger partial charge in [0.2, 0.25) is 5.91 Å². The molecule has 3 aromatic rings. The molecule has 1 amide bonds. The number of amides is 1. The highest BCUT2D eigenvalue weighted by molar-refractivity contribution is 6.33. The monoisotopic (exact) mass is 425 g/mol. The number of anilines is 1. The first-order valence-corrected chi connectivity index (χ1v) is 11.0. The number of carbonyl (C=O) groups excluding carboxylic acids is 1. The van der Waals surface area contributed by atoms with Gasteiger partial charge in [0.25, 0.3) is 0 Å². The van der Waals surface area contributed by atoms with Crippen LogP contribution in [0.15, 0.2) is 42.5 Å². The molecule has 1 aliphatic rings. The maximum absolute atomic E-state index is 12.6. The zero-order valence-corrected chi connectivity index (χ0v) is 18.3. The van der Waals surface area contributed by atoms with E-state index in [1.54, 1.807) is 0 Å². The lowest BCUT2D eigenvalue weighted by atomic mass is 10.1. The molecule has 4 rings (SSSR count). The van der Waals surface area contributed by atoms with Crippen molar-refractivity contribution in [2.45, 2.75) is 13.8 Å². The van der Waals surface area contributed by atoms with Crippen molar-refractivity contribution in [1.82, 2.24) is 19.8 Å². The summed E-state index contributed by atoms with van der Waals surface area (Å²) in [6, 6.07) is 14.0. The number of hydrogen-bond donors (Lipinski definition) is 1. The minimum Gasteiger partial charge on any atom is -0.368 e. The lowest BCUT2D eigenvalue weighted by Crippen LogP contribution is -2.51. The summed E-state index contributed by atoms with van der Waals surface area (Å²) in [7, 11) is 0. The second-order valence-electron chi connectivity index (χ2n) is 7.60. The van der Waals surface area contributed by atoms with Crippen LogP contribution in [0.5, 0.6) is 0 Å². The SMILES string of the molecule is CCN(CC)CC(=O)N1CCN(c2ccc(Cl)c(-c3nc4ccccc4[nH]3)c2)CC1. The Morgan fingerprint density at radius 1 is 1.10 bits per heavy atom. The Balaban J connectivity index is 1.47. The average molecular weight is 426 g/mol. The molecule has 0 unspecified atom stereocenters. The van der Waals surface area contributed by atoms with Crippen molar-refractivity contribution in [3.05, 3.63) is 47.5 Å². The molecule has 1 N–H and O–H groups in total. The van der Waals surface area contributed by atoms with Gasteiger partial charge < -0.3 is 14.8 Å². The van der Waals surface area contributed by atoms with E-state index in [1.165, 1.54) is 0 Å². The first-order chi connectivity index (χ1) is 14.6. The number of fused-ring (bicyclic) bond motifs is 1. The largest absolute Gasteiger partial charge is 0.368 e.